The number of anilines is 1. The van der Waals surface area contributed by atoms with E-state index in [9.17, 15) is 22.4 Å². The predicted molar refractivity (Wildman–Crippen MR) is 169 cm³/mol. The number of aliphatic imine (C=N–C) groups is 1. The average molecular weight is 641 g/mol. The summed E-state index contributed by atoms with van der Waals surface area (Å²) < 4.78 is 54.1. The van der Waals surface area contributed by atoms with Crippen LogP contribution in [0.4, 0.5) is 23.2 Å². The first kappa shape index (κ1) is 31.3. The number of thioether (sulfide) groups is 1. The standard InChI is InChI=1S/C31H28F4N6OS2/c1-18(2)25-13-10-23(32)14-26(25)41-27(42)16-44-30(41)38-29(43)36-15-19(3)20-4-6-21(7-5-20)28-37-17-40(39-28)24-11-8-22(9-12-24)31(33,34)35/h4-14,17-19H,15-16H2,1-3H3,(H,36,43). The summed E-state index contributed by atoms with van der Waals surface area (Å²) >= 11 is 6.72. The largest absolute Gasteiger partial charge is 0.416 e. The number of hydrogen-bond acceptors (Lipinski definition) is 5. The molecule has 4 aromatic rings. The van der Waals surface area contributed by atoms with E-state index in [4.69, 9.17) is 12.2 Å². The fourth-order valence-electron chi connectivity index (χ4n) is 4.65. The minimum Gasteiger partial charge on any atom is -0.360 e. The van der Waals surface area contributed by atoms with Crippen LogP contribution in [0.1, 0.15) is 49.3 Å². The fourth-order valence-corrected chi connectivity index (χ4v) is 5.74. The van der Waals surface area contributed by atoms with Gasteiger partial charge in [0.2, 0.25) is 5.91 Å². The monoisotopic (exact) mass is 640 g/mol. The van der Waals surface area contributed by atoms with Gasteiger partial charge in [0.25, 0.3) is 0 Å². The summed E-state index contributed by atoms with van der Waals surface area (Å²) in [6, 6.07) is 16.8. The van der Waals surface area contributed by atoms with Crippen LogP contribution in [0.25, 0.3) is 17.1 Å². The molecule has 0 aliphatic carbocycles. The molecule has 7 nitrogen and oxygen atoms in total. The number of carbonyl (C=O) groups excluding carboxylic acids is 1. The van der Waals surface area contributed by atoms with Crippen LogP contribution < -0.4 is 10.2 Å². The molecule has 0 radical (unpaired) electrons. The van der Waals surface area contributed by atoms with Crippen LogP contribution in [0.5, 0.6) is 0 Å². The summed E-state index contributed by atoms with van der Waals surface area (Å²) in [6.07, 6.45) is -2.95. The van der Waals surface area contributed by atoms with Gasteiger partial charge < -0.3 is 5.32 Å². The van der Waals surface area contributed by atoms with Gasteiger partial charge in [0.05, 0.1) is 22.7 Å². The van der Waals surface area contributed by atoms with Crippen molar-refractivity contribution >= 4 is 45.9 Å². The van der Waals surface area contributed by atoms with E-state index in [1.165, 1.54) is 51.9 Å². The molecule has 1 saturated heterocycles. The first-order chi connectivity index (χ1) is 20.9. The molecule has 44 heavy (non-hydrogen) atoms. The first-order valence-corrected chi connectivity index (χ1v) is 15.1. The van der Waals surface area contributed by atoms with E-state index in [0.29, 0.717) is 28.9 Å². The van der Waals surface area contributed by atoms with Crippen LogP contribution in [0.3, 0.4) is 0 Å². The highest BCUT2D eigenvalue weighted by Crippen LogP contribution is 2.34. The Bertz CT molecular complexity index is 1700. The van der Waals surface area contributed by atoms with Gasteiger partial charge in [0.1, 0.15) is 12.1 Å². The Morgan fingerprint density at radius 2 is 1.77 bits per heavy atom. The molecular formula is C31H28F4N6OS2. The van der Waals surface area contributed by atoms with E-state index in [1.807, 2.05) is 45.0 Å². The number of carbonyl (C=O) groups is 1. The highest BCUT2D eigenvalue weighted by atomic mass is 32.2. The van der Waals surface area contributed by atoms with Crippen molar-refractivity contribution in [2.45, 2.75) is 38.8 Å². The molecule has 1 atom stereocenters. The summed E-state index contributed by atoms with van der Waals surface area (Å²) in [5.74, 6) is 0.132. The number of halogens is 4. The molecule has 5 rings (SSSR count). The normalized spacial score (nSPS) is 15.3. The maximum Gasteiger partial charge on any atom is 0.416 e. The van der Waals surface area contributed by atoms with Crippen LogP contribution >= 0.6 is 24.0 Å². The number of amidine groups is 1. The van der Waals surface area contributed by atoms with Crippen molar-refractivity contribution < 1.29 is 22.4 Å². The third kappa shape index (κ3) is 6.99. The number of hydrogen-bond donors (Lipinski definition) is 1. The second-order valence-electron chi connectivity index (χ2n) is 10.5. The van der Waals surface area contributed by atoms with Crippen LogP contribution in [-0.2, 0) is 11.0 Å². The number of nitrogens with zero attached hydrogens (tertiary/aromatic N) is 5. The lowest BCUT2D eigenvalue weighted by Gasteiger charge is -2.22. The topological polar surface area (TPSA) is 75.4 Å². The number of amides is 1. The molecule has 1 aliphatic rings. The van der Waals surface area contributed by atoms with Gasteiger partial charge >= 0.3 is 6.18 Å². The van der Waals surface area contributed by atoms with Gasteiger partial charge in [0.15, 0.2) is 16.1 Å². The Balaban J connectivity index is 1.22. The molecule has 1 aliphatic heterocycles. The summed E-state index contributed by atoms with van der Waals surface area (Å²) in [6.45, 7) is 6.46. The van der Waals surface area contributed by atoms with Crippen molar-refractivity contribution in [1.29, 1.82) is 0 Å². The number of aromatic nitrogens is 3. The SMILES string of the molecule is CC(C)c1ccc(F)cc1N1C(=O)CSC1=NC(=S)NCC(C)c1ccc(-c2ncn(-c3ccc(C(F)(F)F)cc3)n2)cc1. The van der Waals surface area contributed by atoms with E-state index >= 15 is 0 Å². The van der Waals surface area contributed by atoms with Crippen molar-refractivity contribution in [3.05, 3.63) is 95.6 Å². The Morgan fingerprint density at radius 1 is 1.07 bits per heavy atom. The highest BCUT2D eigenvalue weighted by Gasteiger charge is 2.32. The summed E-state index contributed by atoms with van der Waals surface area (Å²) in [4.78, 5) is 23.0. The zero-order chi connectivity index (χ0) is 31.6. The Morgan fingerprint density at radius 3 is 2.43 bits per heavy atom. The van der Waals surface area contributed by atoms with Gasteiger partial charge in [-0.05, 0) is 71.6 Å². The molecule has 1 amide bonds. The van der Waals surface area contributed by atoms with E-state index in [1.54, 1.807) is 6.07 Å². The zero-order valence-corrected chi connectivity index (χ0v) is 25.6. The molecule has 3 aromatic carbocycles. The van der Waals surface area contributed by atoms with Crippen LogP contribution in [0.15, 0.2) is 78.0 Å². The minimum atomic E-state index is -4.41. The Kier molecular flexibility index (Phi) is 9.16. The lowest BCUT2D eigenvalue weighted by atomic mass is 10.00. The molecule has 2 heterocycles. The van der Waals surface area contributed by atoms with E-state index in [-0.39, 0.29) is 28.6 Å². The fraction of sp³-hybridized carbons (Fsp3) is 0.258. The van der Waals surface area contributed by atoms with Crippen LogP contribution in [0.2, 0.25) is 0 Å². The quantitative estimate of drug-likeness (QED) is 0.169. The molecule has 0 spiro atoms. The smallest absolute Gasteiger partial charge is 0.360 e. The third-order valence-corrected chi connectivity index (χ3v) is 8.23. The van der Waals surface area contributed by atoms with Gasteiger partial charge in [-0.25, -0.2) is 14.1 Å². The highest BCUT2D eigenvalue weighted by molar-refractivity contribution is 8.15. The summed E-state index contributed by atoms with van der Waals surface area (Å²) in [7, 11) is 0. The lowest BCUT2D eigenvalue weighted by Crippen LogP contribution is -2.33. The first-order valence-electron chi connectivity index (χ1n) is 13.7. The molecule has 1 fully saturated rings. The molecule has 1 aromatic heterocycles. The summed E-state index contributed by atoms with van der Waals surface area (Å²) in [5.41, 5.74) is 2.82. The van der Waals surface area contributed by atoms with Crippen LogP contribution in [0, 0.1) is 5.82 Å². The van der Waals surface area contributed by atoms with Crippen molar-refractivity contribution in [3.63, 3.8) is 0 Å². The van der Waals surface area contributed by atoms with Gasteiger partial charge in [-0.3, -0.25) is 9.69 Å². The van der Waals surface area contributed by atoms with Crippen molar-refractivity contribution in [2.75, 3.05) is 17.2 Å². The molecule has 228 valence electrons. The number of thiocarbonyl (C=S) groups is 1. The second-order valence-corrected chi connectivity index (χ2v) is 11.9. The van der Waals surface area contributed by atoms with E-state index in [0.717, 1.165) is 28.8 Å². The maximum absolute atomic E-state index is 14.1. The molecule has 1 N–H and O–H groups in total. The molecule has 13 heteroatoms. The van der Waals surface area contributed by atoms with Crippen molar-refractivity contribution in [3.8, 4) is 17.1 Å². The number of alkyl halides is 3. The summed E-state index contributed by atoms with van der Waals surface area (Å²) in [5, 5.41) is 8.17. The minimum absolute atomic E-state index is 0.0459. The third-order valence-electron chi connectivity index (χ3n) is 7.07. The van der Waals surface area contributed by atoms with Crippen molar-refractivity contribution in [1.82, 2.24) is 20.1 Å². The Hall–Kier alpha value is -4.10. The molecule has 0 saturated carbocycles. The molecular weight excluding hydrogens is 613 g/mol. The van der Waals surface area contributed by atoms with E-state index < -0.39 is 17.6 Å². The average Bonchev–Trinajstić information content (AvgIpc) is 3.62. The number of rotatable bonds is 7. The van der Waals surface area contributed by atoms with E-state index in [2.05, 4.69) is 20.4 Å². The predicted octanol–water partition coefficient (Wildman–Crippen LogP) is 7.33. The van der Waals surface area contributed by atoms with Gasteiger partial charge in [-0.15, -0.1) is 5.10 Å². The maximum atomic E-state index is 14.1. The Labute approximate surface area is 261 Å². The van der Waals surface area contributed by atoms with Gasteiger partial charge in [-0.2, -0.15) is 18.2 Å². The molecule has 1 unspecified atom stereocenters. The van der Waals surface area contributed by atoms with Gasteiger partial charge in [0, 0.05) is 12.1 Å². The molecule has 0 bridgehead atoms. The lowest BCUT2D eigenvalue weighted by molar-refractivity contribution is -0.137. The zero-order valence-electron chi connectivity index (χ0n) is 24.0. The van der Waals surface area contributed by atoms with Crippen molar-refractivity contribution in [2.24, 2.45) is 4.99 Å². The number of nitrogens with one attached hydrogen (secondary N) is 1. The second kappa shape index (κ2) is 12.9. The van der Waals surface area contributed by atoms with Crippen LogP contribution in [-0.4, -0.2) is 43.2 Å². The number of benzene rings is 3. The van der Waals surface area contributed by atoms with Gasteiger partial charge in [-0.1, -0.05) is 62.9 Å².